The number of amides is 1. The maximum Gasteiger partial charge on any atom is 0.232 e. The number of halogens is 1. The normalized spacial score (nSPS) is 15.9. The van der Waals surface area contributed by atoms with Crippen molar-refractivity contribution in [3.63, 3.8) is 0 Å². The highest BCUT2D eigenvalue weighted by molar-refractivity contribution is 7.84. The van der Waals surface area contributed by atoms with Crippen LogP contribution in [0.3, 0.4) is 0 Å². The van der Waals surface area contributed by atoms with Crippen LogP contribution in [0.5, 0.6) is 0 Å². The van der Waals surface area contributed by atoms with Crippen LogP contribution in [0.2, 0.25) is 5.02 Å². The average molecular weight is 440 g/mol. The van der Waals surface area contributed by atoms with E-state index in [9.17, 15) is 9.00 Å². The van der Waals surface area contributed by atoms with E-state index in [1.807, 2.05) is 12.1 Å². The van der Waals surface area contributed by atoms with Crippen LogP contribution in [-0.2, 0) is 26.1 Å². The monoisotopic (exact) mass is 439 g/mol. The van der Waals surface area contributed by atoms with Crippen LogP contribution in [0, 0.1) is 6.92 Å². The topological polar surface area (TPSA) is 84.7 Å². The lowest BCUT2D eigenvalue weighted by atomic mass is 10.2. The second-order valence-electron chi connectivity index (χ2n) is 6.91. The standard InChI is InChI=1S/C20H26ClN3O4S/c1-15-18(23-20(28-15)16-3-5-17(21)6-4-16)13-29(26)14-19(25)22-7-2-8-24-9-11-27-12-10-24/h3-6H,2,7-14H2,1H3,(H,22,25)/t29-/m1/s1. The summed E-state index contributed by atoms with van der Waals surface area (Å²) in [4.78, 5) is 18.8. The predicted molar refractivity (Wildman–Crippen MR) is 113 cm³/mol. The molecule has 0 aliphatic carbocycles. The predicted octanol–water partition coefficient (Wildman–Crippen LogP) is 2.39. The molecule has 1 aliphatic rings. The molecule has 1 N–H and O–H groups in total. The molecule has 1 amide bonds. The lowest BCUT2D eigenvalue weighted by molar-refractivity contribution is -0.118. The Bertz CT molecular complexity index is 835. The first kappa shape index (κ1) is 22.0. The largest absolute Gasteiger partial charge is 0.441 e. The van der Waals surface area contributed by atoms with Crippen LogP contribution in [0.25, 0.3) is 11.5 Å². The summed E-state index contributed by atoms with van der Waals surface area (Å²) in [7, 11) is -1.35. The van der Waals surface area contributed by atoms with Crippen molar-refractivity contribution in [3.8, 4) is 11.5 Å². The fourth-order valence-electron chi connectivity index (χ4n) is 3.03. The van der Waals surface area contributed by atoms with Crippen LogP contribution in [0.4, 0.5) is 0 Å². The highest BCUT2D eigenvalue weighted by Crippen LogP contribution is 2.24. The van der Waals surface area contributed by atoms with Crippen LogP contribution in [0.15, 0.2) is 28.7 Å². The Morgan fingerprint density at radius 3 is 2.72 bits per heavy atom. The van der Waals surface area contributed by atoms with Crippen molar-refractivity contribution in [2.45, 2.75) is 19.1 Å². The molecular formula is C20H26ClN3O4S. The molecule has 9 heteroatoms. The van der Waals surface area contributed by atoms with Gasteiger partial charge in [0.1, 0.15) is 11.5 Å². The van der Waals surface area contributed by atoms with E-state index in [2.05, 4.69) is 15.2 Å². The lowest BCUT2D eigenvalue weighted by Crippen LogP contribution is -2.38. The van der Waals surface area contributed by atoms with E-state index in [-0.39, 0.29) is 17.4 Å². The summed E-state index contributed by atoms with van der Waals surface area (Å²) < 4.78 is 23.4. The number of carbonyl (C=O) groups is 1. The van der Waals surface area contributed by atoms with Gasteiger partial charge in [0.2, 0.25) is 11.8 Å². The molecule has 1 aromatic heterocycles. The Morgan fingerprint density at radius 2 is 2.00 bits per heavy atom. The van der Waals surface area contributed by atoms with Gasteiger partial charge in [-0.1, -0.05) is 11.6 Å². The third kappa shape index (κ3) is 6.92. The van der Waals surface area contributed by atoms with Crippen LogP contribution < -0.4 is 5.32 Å². The van der Waals surface area contributed by atoms with Gasteiger partial charge in [0.25, 0.3) is 0 Å². The second-order valence-corrected chi connectivity index (χ2v) is 8.81. The Kier molecular flexibility index (Phi) is 8.23. The summed E-state index contributed by atoms with van der Waals surface area (Å²) in [6.07, 6.45) is 0.866. The molecule has 7 nitrogen and oxygen atoms in total. The lowest BCUT2D eigenvalue weighted by Gasteiger charge is -2.26. The molecule has 0 spiro atoms. The summed E-state index contributed by atoms with van der Waals surface area (Å²) in [5.74, 6) is 1.00. The highest BCUT2D eigenvalue weighted by Gasteiger charge is 2.16. The molecule has 158 valence electrons. The SMILES string of the molecule is Cc1oc(-c2ccc(Cl)cc2)nc1C[S@@](=O)CC(=O)NCCCN1CCOCC1. The Morgan fingerprint density at radius 1 is 1.28 bits per heavy atom. The number of aryl methyl sites for hydroxylation is 1. The Hall–Kier alpha value is -1.74. The zero-order valence-corrected chi connectivity index (χ0v) is 18.1. The first-order chi connectivity index (χ1) is 14.0. The van der Waals surface area contributed by atoms with Crippen molar-refractivity contribution < 1.29 is 18.2 Å². The number of oxazole rings is 1. The average Bonchev–Trinajstić information content (AvgIpc) is 3.07. The summed E-state index contributed by atoms with van der Waals surface area (Å²) in [6.45, 7) is 6.71. The zero-order chi connectivity index (χ0) is 20.6. The molecule has 1 fully saturated rings. The Balaban J connectivity index is 1.41. The fourth-order valence-corrected chi connectivity index (χ4v) is 4.23. The molecule has 1 saturated heterocycles. The maximum atomic E-state index is 12.4. The summed E-state index contributed by atoms with van der Waals surface area (Å²) in [5.41, 5.74) is 1.40. The molecule has 1 aromatic carbocycles. The van der Waals surface area contributed by atoms with Crippen molar-refractivity contribution >= 4 is 28.3 Å². The van der Waals surface area contributed by atoms with Gasteiger partial charge in [0.05, 0.1) is 24.7 Å². The molecule has 0 radical (unpaired) electrons. The van der Waals surface area contributed by atoms with Gasteiger partial charge < -0.3 is 14.5 Å². The minimum atomic E-state index is -1.35. The van der Waals surface area contributed by atoms with Crippen LogP contribution in [-0.4, -0.2) is 65.1 Å². The minimum absolute atomic E-state index is 0.0415. The molecule has 2 heterocycles. The van der Waals surface area contributed by atoms with Crippen molar-refractivity contribution in [2.75, 3.05) is 45.1 Å². The van der Waals surface area contributed by atoms with E-state index >= 15 is 0 Å². The zero-order valence-electron chi connectivity index (χ0n) is 16.5. The second kappa shape index (κ2) is 10.9. The summed E-state index contributed by atoms with van der Waals surface area (Å²) in [5, 5.41) is 3.48. The maximum absolute atomic E-state index is 12.4. The van der Waals surface area contributed by atoms with Gasteiger partial charge in [-0.3, -0.25) is 13.9 Å². The number of rotatable bonds is 9. The minimum Gasteiger partial charge on any atom is -0.441 e. The molecule has 1 atom stereocenters. The van der Waals surface area contributed by atoms with Gasteiger partial charge in [0, 0.05) is 41.0 Å². The number of aromatic nitrogens is 1. The molecule has 29 heavy (non-hydrogen) atoms. The van der Waals surface area contributed by atoms with Crippen LogP contribution >= 0.6 is 11.6 Å². The molecule has 0 bridgehead atoms. The number of benzene rings is 1. The number of carbonyl (C=O) groups excluding carboxylic acids is 1. The molecule has 0 saturated carbocycles. The quantitative estimate of drug-likeness (QED) is 0.604. The van der Waals surface area contributed by atoms with Gasteiger partial charge in [-0.15, -0.1) is 0 Å². The van der Waals surface area contributed by atoms with Gasteiger partial charge in [-0.05, 0) is 44.2 Å². The fraction of sp³-hybridized carbons (Fsp3) is 0.500. The number of ether oxygens (including phenoxy) is 1. The van der Waals surface area contributed by atoms with E-state index in [1.54, 1.807) is 19.1 Å². The number of nitrogens with zero attached hydrogens (tertiary/aromatic N) is 2. The van der Waals surface area contributed by atoms with Crippen molar-refractivity contribution in [1.82, 2.24) is 15.2 Å². The smallest absolute Gasteiger partial charge is 0.232 e. The number of hydrogen-bond acceptors (Lipinski definition) is 6. The van der Waals surface area contributed by atoms with Gasteiger partial charge in [-0.25, -0.2) is 4.98 Å². The van der Waals surface area contributed by atoms with E-state index < -0.39 is 10.8 Å². The van der Waals surface area contributed by atoms with Gasteiger partial charge in [0.15, 0.2) is 0 Å². The van der Waals surface area contributed by atoms with Crippen LogP contribution in [0.1, 0.15) is 17.9 Å². The van der Waals surface area contributed by atoms with Gasteiger partial charge in [-0.2, -0.15) is 0 Å². The van der Waals surface area contributed by atoms with E-state index in [1.165, 1.54) is 0 Å². The first-order valence-corrected chi connectivity index (χ1v) is 11.5. The first-order valence-electron chi connectivity index (χ1n) is 9.65. The molecule has 2 aromatic rings. The molecule has 1 aliphatic heterocycles. The number of morpholine rings is 1. The Labute approximate surface area is 178 Å². The van der Waals surface area contributed by atoms with E-state index in [0.717, 1.165) is 44.8 Å². The third-order valence-corrected chi connectivity index (χ3v) is 6.08. The number of hydrogen-bond donors (Lipinski definition) is 1. The van der Waals surface area contributed by atoms with Gasteiger partial charge >= 0.3 is 0 Å². The summed E-state index contributed by atoms with van der Waals surface area (Å²) >= 11 is 5.90. The molecule has 0 unspecified atom stereocenters. The van der Waals surface area contributed by atoms with E-state index in [0.29, 0.717) is 28.9 Å². The highest BCUT2D eigenvalue weighted by atomic mass is 35.5. The van der Waals surface area contributed by atoms with Crippen molar-refractivity contribution in [1.29, 1.82) is 0 Å². The molecule has 3 rings (SSSR count). The number of nitrogens with one attached hydrogen (secondary N) is 1. The van der Waals surface area contributed by atoms with E-state index in [4.69, 9.17) is 20.8 Å². The third-order valence-electron chi connectivity index (χ3n) is 4.65. The molecular weight excluding hydrogens is 414 g/mol. The van der Waals surface area contributed by atoms with Crippen molar-refractivity contribution in [2.24, 2.45) is 0 Å². The summed E-state index contributed by atoms with van der Waals surface area (Å²) in [6, 6.07) is 7.16. The van der Waals surface area contributed by atoms with Crippen molar-refractivity contribution in [3.05, 3.63) is 40.7 Å².